The quantitative estimate of drug-likeness (QED) is 0.832. The van der Waals surface area contributed by atoms with Gasteiger partial charge in [0.05, 0.1) is 21.1 Å². The molecule has 0 bridgehead atoms. The molecule has 1 aromatic rings. The van der Waals surface area contributed by atoms with Crippen LogP contribution >= 0.6 is 23.8 Å². The summed E-state index contributed by atoms with van der Waals surface area (Å²) in [7, 11) is 1.99. The fraction of sp³-hybridized carbons (Fsp3) is 0.429. The molecule has 0 radical (unpaired) electrons. The van der Waals surface area contributed by atoms with Crippen molar-refractivity contribution in [1.82, 2.24) is 10.2 Å². The molecule has 0 aromatic heterocycles. The summed E-state index contributed by atoms with van der Waals surface area (Å²) < 4.78 is 13.8. The van der Waals surface area contributed by atoms with Gasteiger partial charge in [0.25, 0.3) is 5.91 Å². The van der Waals surface area contributed by atoms with Crippen LogP contribution in [-0.4, -0.2) is 41.5 Å². The lowest BCUT2D eigenvalue weighted by atomic mass is 9.87. The molecule has 0 saturated carbocycles. The third kappa shape index (κ3) is 3.33. The van der Waals surface area contributed by atoms with Gasteiger partial charge in [0.1, 0.15) is 5.82 Å². The van der Waals surface area contributed by atoms with Gasteiger partial charge in [0.2, 0.25) is 0 Å². The van der Waals surface area contributed by atoms with Crippen LogP contribution in [0.3, 0.4) is 0 Å². The van der Waals surface area contributed by atoms with Crippen molar-refractivity contribution >= 4 is 34.7 Å². The van der Waals surface area contributed by atoms with Crippen molar-refractivity contribution in [2.24, 2.45) is 5.73 Å². The zero-order valence-electron chi connectivity index (χ0n) is 11.7. The Morgan fingerprint density at radius 1 is 1.48 bits per heavy atom. The Labute approximate surface area is 133 Å². The van der Waals surface area contributed by atoms with Gasteiger partial charge in [-0.15, -0.1) is 0 Å². The molecule has 0 aliphatic carbocycles. The average molecular weight is 330 g/mol. The van der Waals surface area contributed by atoms with Crippen LogP contribution in [0, 0.1) is 5.82 Å². The number of nitrogens with zero attached hydrogens (tertiary/aromatic N) is 1. The molecule has 1 aromatic carbocycles. The molecule has 1 amide bonds. The van der Waals surface area contributed by atoms with Crippen molar-refractivity contribution in [3.8, 4) is 0 Å². The lowest BCUT2D eigenvalue weighted by Gasteiger charge is -2.40. The maximum Gasteiger partial charge on any atom is 0.256 e. The van der Waals surface area contributed by atoms with Crippen LogP contribution in [0.1, 0.15) is 23.2 Å². The lowest BCUT2D eigenvalue weighted by molar-refractivity contribution is 0.0886. The Kier molecular flexibility index (Phi) is 4.81. The maximum atomic E-state index is 13.8. The molecule has 1 heterocycles. The van der Waals surface area contributed by atoms with Gasteiger partial charge in [-0.3, -0.25) is 4.79 Å². The predicted molar refractivity (Wildman–Crippen MR) is 85.1 cm³/mol. The van der Waals surface area contributed by atoms with Crippen LogP contribution in [0.2, 0.25) is 5.02 Å². The van der Waals surface area contributed by atoms with Crippen molar-refractivity contribution in [2.45, 2.75) is 18.4 Å². The second-order valence-electron chi connectivity index (χ2n) is 5.30. The maximum absolute atomic E-state index is 13.8. The summed E-state index contributed by atoms with van der Waals surface area (Å²) in [5, 5.41) is 2.86. The fourth-order valence-electron chi connectivity index (χ4n) is 2.43. The van der Waals surface area contributed by atoms with Gasteiger partial charge < -0.3 is 16.0 Å². The van der Waals surface area contributed by atoms with E-state index in [9.17, 15) is 9.18 Å². The van der Waals surface area contributed by atoms with Crippen molar-refractivity contribution in [2.75, 3.05) is 20.1 Å². The molecule has 2 rings (SSSR count). The van der Waals surface area contributed by atoms with Gasteiger partial charge in [-0.25, -0.2) is 4.39 Å². The van der Waals surface area contributed by atoms with Gasteiger partial charge in [0, 0.05) is 13.1 Å². The molecule has 1 fully saturated rings. The van der Waals surface area contributed by atoms with Crippen LogP contribution in [0.4, 0.5) is 4.39 Å². The number of benzene rings is 1. The summed E-state index contributed by atoms with van der Waals surface area (Å²) in [6.07, 6.45) is 1.19. The molecule has 1 saturated heterocycles. The molecule has 7 heteroatoms. The van der Waals surface area contributed by atoms with Crippen molar-refractivity contribution in [3.05, 3.63) is 34.6 Å². The van der Waals surface area contributed by atoms with E-state index in [0.29, 0.717) is 12.8 Å². The van der Waals surface area contributed by atoms with Gasteiger partial charge >= 0.3 is 0 Å². The summed E-state index contributed by atoms with van der Waals surface area (Å²) in [5.41, 5.74) is 4.86. The minimum absolute atomic E-state index is 0.0681. The van der Waals surface area contributed by atoms with E-state index in [0.717, 1.165) is 13.1 Å². The number of hydrogen-bond donors (Lipinski definition) is 2. The van der Waals surface area contributed by atoms with E-state index in [1.165, 1.54) is 18.2 Å². The molecular formula is C14H17ClFN3OS. The van der Waals surface area contributed by atoms with Crippen molar-refractivity contribution < 1.29 is 9.18 Å². The highest BCUT2D eigenvalue weighted by atomic mass is 35.5. The van der Waals surface area contributed by atoms with Gasteiger partial charge in [0.15, 0.2) is 0 Å². The number of halogens is 2. The topological polar surface area (TPSA) is 58.4 Å². The molecule has 0 atom stereocenters. The lowest BCUT2D eigenvalue weighted by Crippen LogP contribution is -2.61. The summed E-state index contributed by atoms with van der Waals surface area (Å²) in [6, 6.07) is 4.12. The fourth-order valence-corrected chi connectivity index (χ4v) is 2.93. The molecule has 114 valence electrons. The Bertz CT molecular complexity index is 553. The summed E-state index contributed by atoms with van der Waals surface area (Å²) in [4.78, 5) is 14.7. The molecular weight excluding hydrogens is 313 g/mol. The van der Waals surface area contributed by atoms with Crippen LogP contribution in [0.5, 0.6) is 0 Å². The van der Waals surface area contributed by atoms with Crippen molar-refractivity contribution in [1.29, 1.82) is 0 Å². The molecule has 1 aliphatic heterocycles. The second kappa shape index (κ2) is 6.25. The van der Waals surface area contributed by atoms with Crippen LogP contribution in [-0.2, 0) is 0 Å². The van der Waals surface area contributed by atoms with E-state index < -0.39 is 17.3 Å². The number of hydrogen-bond acceptors (Lipinski definition) is 3. The molecule has 21 heavy (non-hydrogen) atoms. The number of thiocarbonyl (C=S) groups is 1. The van der Waals surface area contributed by atoms with Crippen LogP contribution in [0.15, 0.2) is 18.2 Å². The van der Waals surface area contributed by atoms with Gasteiger partial charge in [-0.1, -0.05) is 29.9 Å². The molecule has 4 nitrogen and oxygen atoms in total. The van der Waals surface area contributed by atoms with E-state index in [1.54, 1.807) is 0 Å². The van der Waals surface area contributed by atoms with Crippen molar-refractivity contribution in [3.63, 3.8) is 0 Å². The predicted octanol–water partition coefficient (Wildman–Crippen LogP) is 1.96. The number of amides is 1. The number of carbonyl (C=O) groups is 1. The first-order chi connectivity index (χ1) is 9.85. The highest BCUT2D eigenvalue weighted by molar-refractivity contribution is 7.80. The highest BCUT2D eigenvalue weighted by Crippen LogP contribution is 2.25. The normalized spacial score (nSPS) is 18.2. The second-order valence-corrected chi connectivity index (χ2v) is 6.15. The first kappa shape index (κ1) is 16.1. The molecule has 0 spiro atoms. The monoisotopic (exact) mass is 329 g/mol. The number of likely N-dealkylation sites (tertiary alicyclic amines) is 1. The van der Waals surface area contributed by atoms with E-state index >= 15 is 0 Å². The largest absolute Gasteiger partial charge is 0.391 e. The standard InChI is InChI=1S/C14H17ClFN3OS/c1-19-7-5-14(6-8-19,13(17)21)18-12(20)11-9(15)3-2-4-10(11)16/h2-4H,5-8H2,1H3,(H2,17,21)(H,18,20). The number of piperidine rings is 1. The summed E-state index contributed by atoms with van der Waals surface area (Å²) in [5.74, 6) is -1.25. The SMILES string of the molecule is CN1CCC(NC(=O)c2c(F)cccc2Cl)(C(N)=S)CC1. The minimum Gasteiger partial charge on any atom is -0.391 e. The number of rotatable bonds is 3. The van der Waals surface area contributed by atoms with E-state index in [1.807, 2.05) is 7.05 Å². The van der Waals surface area contributed by atoms with E-state index in [2.05, 4.69) is 10.2 Å². The highest BCUT2D eigenvalue weighted by Gasteiger charge is 2.38. The first-order valence-electron chi connectivity index (χ1n) is 6.61. The summed E-state index contributed by atoms with van der Waals surface area (Å²) >= 11 is 11.0. The third-order valence-electron chi connectivity index (χ3n) is 3.85. The zero-order valence-corrected chi connectivity index (χ0v) is 13.2. The summed E-state index contributed by atoms with van der Waals surface area (Å²) in [6.45, 7) is 1.51. The number of nitrogens with one attached hydrogen (secondary N) is 1. The third-order valence-corrected chi connectivity index (χ3v) is 4.56. The molecule has 0 unspecified atom stereocenters. The zero-order chi connectivity index (χ0) is 15.6. The molecule has 3 N–H and O–H groups in total. The van der Waals surface area contributed by atoms with E-state index in [-0.39, 0.29) is 15.6 Å². The van der Waals surface area contributed by atoms with Crippen LogP contribution in [0.25, 0.3) is 0 Å². The Balaban J connectivity index is 2.26. The molecule has 1 aliphatic rings. The minimum atomic E-state index is -0.787. The number of nitrogens with two attached hydrogens (primary N) is 1. The smallest absolute Gasteiger partial charge is 0.256 e. The van der Waals surface area contributed by atoms with Gasteiger partial charge in [-0.05, 0) is 32.0 Å². The number of carbonyl (C=O) groups excluding carboxylic acids is 1. The Morgan fingerprint density at radius 2 is 2.10 bits per heavy atom. The van der Waals surface area contributed by atoms with Gasteiger partial charge in [-0.2, -0.15) is 0 Å². The Morgan fingerprint density at radius 3 is 2.62 bits per heavy atom. The average Bonchev–Trinajstić information content (AvgIpc) is 2.41. The Hall–Kier alpha value is -1.24. The van der Waals surface area contributed by atoms with Crippen LogP contribution < -0.4 is 11.1 Å². The van der Waals surface area contributed by atoms with E-state index in [4.69, 9.17) is 29.6 Å². The first-order valence-corrected chi connectivity index (χ1v) is 7.39.